The van der Waals surface area contributed by atoms with Crippen molar-refractivity contribution in [3.05, 3.63) is 70.4 Å². The van der Waals surface area contributed by atoms with Gasteiger partial charge in [-0.3, -0.25) is 0 Å². The first kappa shape index (κ1) is 21.5. The fourth-order valence-electron chi connectivity index (χ4n) is 5.50. The predicted molar refractivity (Wildman–Crippen MR) is 130 cm³/mol. The Balaban J connectivity index is 0.00000218. The van der Waals surface area contributed by atoms with Gasteiger partial charge in [0.2, 0.25) is 0 Å². The maximum atomic E-state index is 3.86. The van der Waals surface area contributed by atoms with E-state index in [0.717, 1.165) is 19.5 Å². The van der Waals surface area contributed by atoms with Gasteiger partial charge in [-0.05, 0) is 53.9 Å². The Hall–Kier alpha value is -1.77. The number of aryl methyl sites for hydroxylation is 2. The van der Waals surface area contributed by atoms with Crippen molar-refractivity contribution in [2.45, 2.75) is 77.3 Å². The second kappa shape index (κ2) is 9.16. The van der Waals surface area contributed by atoms with Gasteiger partial charge in [0, 0.05) is 24.2 Å². The van der Waals surface area contributed by atoms with E-state index in [9.17, 15) is 0 Å². The molecule has 160 valence electrons. The summed E-state index contributed by atoms with van der Waals surface area (Å²) >= 11 is 0. The van der Waals surface area contributed by atoms with Crippen molar-refractivity contribution < 1.29 is 0 Å². The van der Waals surface area contributed by atoms with Crippen molar-refractivity contribution in [3.63, 3.8) is 0 Å². The highest BCUT2D eigenvalue weighted by Gasteiger charge is 2.29. The van der Waals surface area contributed by atoms with Crippen molar-refractivity contribution in [3.8, 4) is 0 Å². The third-order valence-corrected chi connectivity index (χ3v) is 7.08. The number of benzene rings is 2. The average Bonchev–Trinajstić information content (AvgIpc) is 3.08. The SMILES string of the molecule is CC(C)c1ccc(C2NCCc3c2n2c4c(cccc34)CCCCCCC2)cc1.Cl. The number of nitrogens with one attached hydrogen (secondary N) is 1. The average molecular weight is 423 g/mol. The quantitative estimate of drug-likeness (QED) is 0.473. The lowest BCUT2D eigenvalue weighted by molar-refractivity contribution is 0.500. The largest absolute Gasteiger partial charge is 0.342 e. The molecule has 2 aromatic carbocycles. The van der Waals surface area contributed by atoms with E-state index in [1.54, 1.807) is 11.1 Å². The molecule has 0 saturated carbocycles. The zero-order valence-electron chi connectivity index (χ0n) is 18.4. The van der Waals surface area contributed by atoms with Crippen molar-refractivity contribution in [1.29, 1.82) is 0 Å². The third-order valence-electron chi connectivity index (χ3n) is 7.08. The Morgan fingerprint density at radius 3 is 2.47 bits per heavy atom. The molecular weight excluding hydrogens is 388 g/mol. The number of fused-ring (bicyclic) bond motifs is 3. The molecule has 0 saturated heterocycles. The highest BCUT2D eigenvalue weighted by atomic mass is 35.5. The van der Waals surface area contributed by atoms with E-state index in [-0.39, 0.29) is 12.4 Å². The highest BCUT2D eigenvalue weighted by molar-refractivity contribution is 5.89. The molecule has 1 aromatic heterocycles. The molecule has 0 spiro atoms. The molecular formula is C27H35ClN2. The lowest BCUT2D eigenvalue weighted by atomic mass is 9.92. The summed E-state index contributed by atoms with van der Waals surface area (Å²) in [5, 5.41) is 5.38. The normalized spacial score (nSPS) is 19.4. The molecule has 0 fully saturated rings. The molecule has 30 heavy (non-hydrogen) atoms. The van der Waals surface area contributed by atoms with Gasteiger partial charge in [-0.25, -0.2) is 0 Å². The number of rotatable bonds is 2. The van der Waals surface area contributed by atoms with Crippen LogP contribution in [0.25, 0.3) is 10.9 Å². The lowest BCUT2D eigenvalue weighted by Gasteiger charge is -2.28. The van der Waals surface area contributed by atoms with Crippen LogP contribution in [0.2, 0.25) is 0 Å². The molecule has 2 aliphatic heterocycles. The van der Waals surface area contributed by atoms with Gasteiger partial charge in [0.25, 0.3) is 0 Å². The van der Waals surface area contributed by atoms with E-state index in [2.05, 4.69) is 66.2 Å². The summed E-state index contributed by atoms with van der Waals surface area (Å²) in [7, 11) is 0. The van der Waals surface area contributed by atoms with Crippen LogP contribution in [0, 0.1) is 0 Å². The van der Waals surface area contributed by atoms with E-state index < -0.39 is 0 Å². The van der Waals surface area contributed by atoms with E-state index in [0.29, 0.717) is 12.0 Å². The molecule has 0 aliphatic carbocycles. The van der Waals surface area contributed by atoms with E-state index in [1.807, 2.05) is 0 Å². The van der Waals surface area contributed by atoms with Crippen LogP contribution in [0.1, 0.15) is 85.9 Å². The Kier molecular flexibility index (Phi) is 6.55. The zero-order chi connectivity index (χ0) is 19.8. The standard InChI is InChI=1S/C27H34N2.ClH/c1-19(2)20-12-14-21(15-13-20)25-27-24(16-17-28-25)23-11-8-10-22-9-6-4-3-5-7-18-29(27)26(22)23;/h8,10-15,19,25,28H,3-7,9,16-18H2,1-2H3;1H. The molecule has 2 aliphatic rings. The molecule has 1 atom stereocenters. The topological polar surface area (TPSA) is 17.0 Å². The number of hydrogen-bond acceptors (Lipinski definition) is 1. The molecule has 3 heterocycles. The summed E-state index contributed by atoms with van der Waals surface area (Å²) in [5.41, 5.74) is 9.07. The van der Waals surface area contributed by atoms with Gasteiger partial charge < -0.3 is 9.88 Å². The van der Waals surface area contributed by atoms with Gasteiger partial charge in [-0.15, -0.1) is 12.4 Å². The summed E-state index contributed by atoms with van der Waals surface area (Å²) in [5.74, 6) is 0.582. The van der Waals surface area contributed by atoms with Crippen LogP contribution in [0.3, 0.4) is 0 Å². The van der Waals surface area contributed by atoms with Crippen LogP contribution >= 0.6 is 12.4 Å². The van der Waals surface area contributed by atoms with Crippen molar-refractivity contribution in [2.75, 3.05) is 6.54 Å². The minimum atomic E-state index is 0. The monoisotopic (exact) mass is 422 g/mol. The minimum absolute atomic E-state index is 0. The maximum absolute atomic E-state index is 3.86. The van der Waals surface area contributed by atoms with E-state index in [1.165, 1.54) is 66.2 Å². The van der Waals surface area contributed by atoms with Gasteiger partial charge in [-0.2, -0.15) is 0 Å². The van der Waals surface area contributed by atoms with Crippen molar-refractivity contribution in [1.82, 2.24) is 9.88 Å². The van der Waals surface area contributed by atoms with Crippen LogP contribution in [-0.2, 0) is 19.4 Å². The van der Waals surface area contributed by atoms with Crippen molar-refractivity contribution in [2.24, 2.45) is 0 Å². The fourth-order valence-corrected chi connectivity index (χ4v) is 5.50. The molecule has 0 radical (unpaired) electrons. The van der Waals surface area contributed by atoms with Crippen LogP contribution < -0.4 is 5.32 Å². The zero-order valence-corrected chi connectivity index (χ0v) is 19.2. The van der Waals surface area contributed by atoms with E-state index >= 15 is 0 Å². The second-order valence-electron chi connectivity index (χ2n) is 9.31. The summed E-state index contributed by atoms with van der Waals surface area (Å²) in [6.07, 6.45) is 9.11. The molecule has 3 heteroatoms. The Morgan fingerprint density at radius 2 is 1.67 bits per heavy atom. The minimum Gasteiger partial charge on any atom is -0.342 e. The Bertz CT molecular complexity index is 1000. The van der Waals surface area contributed by atoms with Crippen LogP contribution in [0.5, 0.6) is 0 Å². The smallest absolute Gasteiger partial charge is 0.0734 e. The predicted octanol–water partition coefficient (Wildman–Crippen LogP) is 6.93. The Labute approximate surface area is 187 Å². The molecule has 2 nitrogen and oxygen atoms in total. The first-order valence-electron chi connectivity index (χ1n) is 11.7. The molecule has 5 rings (SSSR count). The molecule has 0 bridgehead atoms. The second-order valence-corrected chi connectivity index (χ2v) is 9.31. The molecule has 0 amide bonds. The lowest BCUT2D eigenvalue weighted by Crippen LogP contribution is -2.32. The van der Waals surface area contributed by atoms with Crippen LogP contribution in [0.15, 0.2) is 42.5 Å². The van der Waals surface area contributed by atoms with Gasteiger partial charge in [0.05, 0.1) is 11.6 Å². The highest BCUT2D eigenvalue weighted by Crippen LogP contribution is 2.39. The van der Waals surface area contributed by atoms with Gasteiger partial charge in [-0.1, -0.05) is 75.6 Å². The first-order chi connectivity index (χ1) is 14.2. The summed E-state index contributed by atoms with van der Waals surface area (Å²) in [6, 6.07) is 16.7. The first-order valence-corrected chi connectivity index (χ1v) is 11.7. The summed E-state index contributed by atoms with van der Waals surface area (Å²) in [4.78, 5) is 0. The van der Waals surface area contributed by atoms with Crippen LogP contribution in [-0.4, -0.2) is 11.1 Å². The number of nitrogens with zero attached hydrogens (tertiary/aromatic N) is 1. The molecule has 1 unspecified atom stereocenters. The van der Waals surface area contributed by atoms with Crippen LogP contribution in [0.4, 0.5) is 0 Å². The summed E-state index contributed by atoms with van der Waals surface area (Å²) < 4.78 is 2.71. The van der Waals surface area contributed by atoms with Gasteiger partial charge >= 0.3 is 0 Å². The van der Waals surface area contributed by atoms with Gasteiger partial charge in [0.15, 0.2) is 0 Å². The third kappa shape index (κ3) is 3.81. The Morgan fingerprint density at radius 1 is 0.900 bits per heavy atom. The number of para-hydroxylation sites is 1. The summed E-state index contributed by atoms with van der Waals surface area (Å²) in [6.45, 7) is 6.77. The number of halogens is 1. The molecule has 1 N–H and O–H groups in total. The van der Waals surface area contributed by atoms with E-state index in [4.69, 9.17) is 0 Å². The maximum Gasteiger partial charge on any atom is 0.0734 e. The number of aromatic nitrogens is 1. The number of hydrogen-bond donors (Lipinski definition) is 1. The fraction of sp³-hybridized carbons (Fsp3) is 0.481. The van der Waals surface area contributed by atoms with Crippen molar-refractivity contribution >= 4 is 23.3 Å². The molecule has 3 aromatic rings. The van der Waals surface area contributed by atoms with Gasteiger partial charge in [0.1, 0.15) is 0 Å².